The fraction of sp³-hybridized carbons (Fsp3) is 0.571. The third-order valence-electron chi connectivity index (χ3n) is 3.39. The van der Waals surface area contributed by atoms with Crippen LogP contribution < -0.4 is 15.2 Å². The van der Waals surface area contributed by atoms with Crippen LogP contribution in [-0.2, 0) is 0 Å². The van der Waals surface area contributed by atoms with Crippen LogP contribution in [0.2, 0.25) is 0 Å². The Labute approximate surface area is 112 Å². The van der Waals surface area contributed by atoms with Crippen LogP contribution in [0.15, 0.2) is 12.1 Å². The van der Waals surface area contributed by atoms with Gasteiger partial charge in [-0.05, 0) is 30.9 Å². The maximum Gasteiger partial charge on any atom is 0.164 e. The quantitative estimate of drug-likeness (QED) is 0.874. The Hall–Kier alpha value is -1.33. The van der Waals surface area contributed by atoms with Gasteiger partial charge >= 0.3 is 0 Å². The second-order valence-electron chi connectivity index (χ2n) is 5.08. The van der Waals surface area contributed by atoms with Gasteiger partial charge in [0, 0.05) is 12.1 Å². The van der Waals surface area contributed by atoms with E-state index in [-0.39, 0.29) is 17.8 Å². The number of ether oxygens (including phenoxy) is 2. The molecule has 0 bridgehead atoms. The van der Waals surface area contributed by atoms with Crippen molar-refractivity contribution in [3.8, 4) is 11.5 Å². The van der Waals surface area contributed by atoms with Crippen molar-refractivity contribution in [2.45, 2.75) is 38.3 Å². The third kappa shape index (κ3) is 3.16. The standard InChI is InChI=1S/C14H20FNO3/c1-8(5-12(17)9(2)16)10-6-13-14(7-11(10)15)19-4-3-18-13/h6-9,12,17H,3-5,16H2,1-2H3. The van der Waals surface area contributed by atoms with Crippen LogP contribution in [0.1, 0.15) is 31.7 Å². The normalized spacial score (nSPS) is 18.8. The smallest absolute Gasteiger partial charge is 0.164 e. The van der Waals surface area contributed by atoms with Gasteiger partial charge in [0.25, 0.3) is 0 Å². The molecule has 0 spiro atoms. The number of aliphatic hydroxyl groups excluding tert-OH is 1. The maximum absolute atomic E-state index is 14.0. The summed E-state index contributed by atoms with van der Waals surface area (Å²) in [4.78, 5) is 0. The topological polar surface area (TPSA) is 64.7 Å². The predicted octanol–water partition coefficient (Wildman–Crippen LogP) is 1.80. The number of hydrogen-bond donors (Lipinski definition) is 2. The molecule has 1 aliphatic heterocycles. The number of rotatable bonds is 4. The highest BCUT2D eigenvalue weighted by molar-refractivity contribution is 5.45. The summed E-state index contributed by atoms with van der Waals surface area (Å²) in [6.07, 6.45) is -0.239. The van der Waals surface area contributed by atoms with Crippen LogP contribution in [-0.4, -0.2) is 30.5 Å². The SMILES string of the molecule is CC(CC(O)C(C)N)c1cc2c(cc1F)OCCO2. The molecule has 0 aliphatic carbocycles. The van der Waals surface area contributed by atoms with E-state index in [0.717, 1.165) is 0 Å². The highest BCUT2D eigenvalue weighted by Crippen LogP contribution is 2.36. The van der Waals surface area contributed by atoms with Crippen LogP contribution in [0.4, 0.5) is 4.39 Å². The van der Waals surface area contributed by atoms with E-state index in [2.05, 4.69) is 0 Å². The van der Waals surface area contributed by atoms with Gasteiger partial charge in [0.1, 0.15) is 19.0 Å². The second kappa shape index (κ2) is 5.75. The summed E-state index contributed by atoms with van der Waals surface area (Å²) < 4.78 is 24.8. The molecule has 5 heteroatoms. The lowest BCUT2D eigenvalue weighted by atomic mass is 9.92. The molecule has 0 radical (unpaired) electrons. The van der Waals surface area contributed by atoms with Crippen molar-refractivity contribution in [2.75, 3.05) is 13.2 Å². The average Bonchev–Trinajstić information content (AvgIpc) is 2.37. The van der Waals surface area contributed by atoms with Crippen LogP contribution in [0.5, 0.6) is 11.5 Å². The van der Waals surface area contributed by atoms with Gasteiger partial charge in [-0.2, -0.15) is 0 Å². The maximum atomic E-state index is 14.0. The Morgan fingerprint density at radius 2 is 1.84 bits per heavy atom. The Bertz CT molecular complexity index is 451. The van der Waals surface area contributed by atoms with Crippen LogP contribution in [0.25, 0.3) is 0 Å². The molecule has 1 aromatic rings. The molecule has 0 fully saturated rings. The molecule has 0 amide bonds. The monoisotopic (exact) mass is 269 g/mol. The van der Waals surface area contributed by atoms with Crippen molar-refractivity contribution >= 4 is 0 Å². The molecule has 3 atom stereocenters. The van der Waals surface area contributed by atoms with Gasteiger partial charge in [0.05, 0.1) is 6.10 Å². The molecule has 3 N–H and O–H groups in total. The number of aliphatic hydroxyl groups is 1. The fourth-order valence-corrected chi connectivity index (χ4v) is 2.16. The fourth-order valence-electron chi connectivity index (χ4n) is 2.16. The molecular formula is C14H20FNO3. The summed E-state index contributed by atoms with van der Waals surface area (Å²) in [5.41, 5.74) is 6.14. The van der Waals surface area contributed by atoms with Gasteiger partial charge in [0.2, 0.25) is 0 Å². The molecule has 106 valence electrons. The first-order chi connectivity index (χ1) is 8.99. The van der Waals surface area contributed by atoms with E-state index >= 15 is 0 Å². The Morgan fingerprint density at radius 3 is 2.42 bits per heavy atom. The van der Waals surface area contributed by atoms with E-state index in [4.69, 9.17) is 15.2 Å². The number of benzene rings is 1. The molecule has 1 aromatic carbocycles. The zero-order valence-electron chi connectivity index (χ0n) is 11.2. The van der Waals surface area contributed by atoms with Gasteiger partial charge in [-0.15, -0.1) is 0 Å². The lowest BCUT2D eigenvalue weighted by molar-refractivity contribution is 0.133. The molecule has 0 saturated carbocycles. The minimum Gasteiger partial charge on any atom is -0.486 e. The summed E-state index contributed by atoms with van der Waals surface area (Å²) in [5.74, 6) is 0.516. The summed E-state index contributed by atoms with van der Waals surface area (Å²) in [6, 6.07) is 2.67. The van der Waals surface area contributed by atoms with E-state index in [9.17, 15) is 9.50 Å². The van der Waals surface area contributed by atoms with Crippen LogP contribution in [0.3, 0.4) is 0 Å². The van der Waals surface area contributed by atoms with E-state index < -0.39 is 6.10 Å². The first-order valence-electron chi connectivity index (χ1n) is 6.51. The molecule has 19 heavy (non-hydrogen) atoms. The van der Waals surface area contributed by atoms with Crippen molar-refractivity contribution in [2.24, 2.45) is 5.73 Å². The van der Waals surface area contributed by atoms with Crippen molar-refractivity contribution in [3.63, 3.8) is 0 Å². The molecule has 4 nitrogen and oxygen atoms in total. The van der Waals surface area contributed by atoms with Gasteiger partial charge in [-0.1, -0.05) is 6.92 Å². The van der Waals surface area contributed by atoms with Gasteiger partial charge < -0.3 is 20.3 Å². The number of hydrogen-bond acceptors (Lipinski definition) is 4. The second-order valence-corrected chi connectivity index (χ2v) is 5.08. The van der Waals surface area contributed by atoms with Gasteiger partial charge in [-0.25, -0.2) is 4.39 Å². The highest BCUT2D eigenvalue weighted by Gasteiger charge is 2.22. The predicted molar refractivity (Wildman–Crippen MR) is 70.1 cm³/mol. The summed E-state index contributed by atoms with van der Waals surface area (Å²) in [7, 11) is 0. The first-order valence-corrected chi connectivity index (χ1v) is 6.51. The molecular weight excluding hydrogens is 249 g/mol. The molecule has 0 aromatic heterocycles. The number of nitrogens with two attached hydrogens (primary N) is 1. The zero-order chi connectivity index (χ0) is 14.0. The van der Waals surface area contributed by atoms with Gasteiger partial charge in [-0.3, -0.25) is 0 Å². The van der Waals surface area contributed by atoms with E-state index in [1.807, 2.05) is 6.92 Å². The van der Waals surface area contributed by atoms with E-state index in [1.165, 1.54) is 6.07 Å². The molecule has 3 unspecified atom stereocenters. The third-order valence-corrected chi connectivity index (χ3v) is 3.39. The Morgan fingerprint density at radius 1 is 1.26 bits per heavy atom. The summed E-state index contributed by atoms with van der Waals surface area (Å²) >= 11 is 0. The van der Waals surface area contributed by atoms with Crippen LogP contribution >= 0.6 is 0 Å². The van der Waals surface area contributed by atoms with Gasteiger partial charge in [0.15, 0.2) is 11.5 Å². The molecule has 1 aliphatic rings. The first kappa shape index (κ1) is 14.1. The van der Waals surface area contributed by atoms with E-state index in [0.29, 0.717) is 36.7 Å². The van der Waals surface area contributed by atoms with Crippen LogP contribution in [0, 0.1) is 5.82 Å². The molecule has 1 heterocycles. The minimum absolute atomic E-state index is 0.142. The molecule has 0 saturated heterocycles. The number of halogens is 1. The zero-order valence-corrected chi connectivity index (χ0v) is 11.2. The van der Waals surface area contributed by atoms with E-state index in [1.54, 1.807) is 13.0 Å². The lowest BCUT2D eigenvalue weighted by Gasteiger charge is -2.23. The molecule has 2 rings (SSSR count). The summed E-state index contributed by atoms with van der Waals surface area (Å²) in [6.45, 7) is 4.50. The minimum atomic E-state index is -0.650. The summed E-state index contributed by atoms with van der Waals surface area (Å²) in [5, 5.41) is 9.78. The van der Waals surface area contributed by atoms with Crippen molar-refractivity contribution in [3.05, 3.63) is 23.5 Å². The Kier molecular flexibility index (Phi) is 4.27. The average molecular weight is 269 g/mol. The largest absolute Gasteiger partial charge is 0.486 e. The lowest BCUT2D eigenvalue weighted by Crippen LogP contribution is -2.32. The number of fused-ring (bicyclic) bond motifs is 1. The van der Waals surface area contributed by atoms with Crippen molar-refractivity contribution < 1.29 is 19.0 Å². The van der Waals surface area contributed by atoms with Crippen molar-refractivity contribution in [1.82, 2.24) is 0 Å². The highest BCUT2D eigenvalue weighted by atomic mass is 19.1. The van der Waals surface area contributed by atoms with Crippen molar-refractivity contribution in [1.29, 1.82) is 0 Å². The Balaban J connectivity index is 2.19.